The Balaban J connectivity index is 2.79. The molecule has 1 aromatic rings. The highest BCUT2D eigenvalue weighted by molar-refractivity contribution is 6.32. The lowest BCUT2D eigenvalue weighted by Crippen LogP contribution is -2.08. The zero-order valence-electron chi connectivity index (χ0n) is 8.31. The molecule has 0 spiro atoms. The highest BCUT2D eigenvalue weighted by Crippen LogP contribution is 2.32. The lowest BCUT2D eigenvalue weighted by atomic mass is 10.3. The van der Waals surface area contributed by atoms with E-state index in [9.17, 15) is 13.2 Å². The number of alkyl halides is 3. The first-order valence-electron chi connectivity index (χ1n) is 4.52. The van der Waals surface area contributed by atoms with Crippen molar-refractivity contribution in [2.24, 2.45) is 0 Å². The van der Waals surface area contributed by atoms with Gasteiger partial charge in [-0.05, 0) is 12.5 Å². The molecule has 1 aromatic heterocycles. The molecule has 0 saturated carbocycles. The zero-order chi connectivity index (χ0) is 12.2. The van der Waals surface area contributed by atoms with Gasteiger partial charge in [-0.1, -0.05) is 17.7 Å². The summed E-state index contributed by atoms with van der Waals surface area (Å²) >= 11 is 5.66. The van der Waals surface area contributed by atoms with E-state index in [-0.39, 0.29) is 10.8 Å². The van der Waals surface area contributed by atoms with Crippen LogP contribution >= 0.6 is 11.6 Å². The number of hydrogen-bond donors (Lipinski definition) is 1. The Kier molecular flexibility index (Phi) is 4.18. The molecule has 16 heavy (non-hydrogen) atoms. The first-order valence-corrected chi connectivity index (χ1v) is 4.90. The van der Waals surface area contributed by atoms with Gasteiger partial charge in [0.2, 0.25) is 0 Å². The third-order valence-corrected chi connectivity index (χ3v) is 2.10. The van der Waals surface area contributed by atoms with Gasteiger partial charge in [-0.25, -0.2) is 4.98 Å². The highest BCUT2D eigenvalue weighted by atomic mass is 35.5. The lowest BCUT2D eigenvalue weighted by molar-refractivity contribution is -0.137. The summed E-state index contributed by atoms with van der Waals surface area (Å²) in [7, 11) is 0. The van der Waals surface area contributed by atoms with Gasteiger partial charge in [0.25, 0.3) is 0 Å². The second-order valence-electron chi connectivity index (χ2n) is 3.06. The van der Waals surface area contributed by atoms with Crippen LogP contribution in [0.3, 0.4) is 0 Å². The van der Waals surface area contributed by atoms with Crippen LogP contribution in [0.4, 0.5) is 19.0 Å². The van der Waals surface area contributed by atoms with E-state index < -0.39 is 11.7 Å². The quantitative estimate of drug-likeness (QED) is 0.650. The number of rotatable bonds is 4. The summed E-state index contributed by atoms with van der Waals surface area (Å²) in [6.07, 6.45) is -1.30. The predicted octanol–water partition coefficient (Wildman–Crippen LogP) is 3.74. The summed E-state index contributed by atoms with van der Waals surface area (Å²) in [5, 5.41) is 2.77. The molecular formula is C10H10ClF3N2. The van der Waals surface area contributed by atoms with Gasteiger partial charge < -0.3 is 5.32 Å². The van der Waals surface area contributed by atoms with Gasteiger partial charge in [0.1, 0.15) is 5.82 Å². The van der Waals surface area contributed by atoms with Crippen LogP contribution < -0.4 is 5.32 Å². The first kappa shape index (κ1) is 12.8. The van der Waals surface area contributed by atoms with E-state index in [1.54, 1.807) is 6.08 Å². The number of halogens is 4. The molecule has 0 unspecified atom stereocenters. The Morgan fingerprint density at radius 2 is 2.19 bits per heavy atom. The molecule has 1 heterocycles. The molecule has 0 aliphatic rings. The Morgan fingerprint density at radius 3 is 2.69 bits per heavy atom. The van der Waals surface area contributed by atoms with Crippen LogP contribution in [0.15, 0.2) is 24.9 Å². The Labute approximate surface area is 96.1 Å². The Bertz CT molecular complexity index is 377. The minimum Gasteiger partial charge on any atom is -0.369 e. The lowest BCUT2D eigenvalue weighted by Gasteiger charge is -2.09. The smallest absolute Gasteiger partial charge is 0.369 e. The van der Waals surface area contributed by atoms with Crippen molar-refractivity contribution in [3.05, 3.63) is 35.5 Å². The van der Waals surface area contributed by atoms with Crippen LogP contribution in [0.1, 0.15) is 12.0 Å². The van der Waals surface area contributed by atoms with Crippen molar-refractivity contribution >= 4 is 17.4 Å². The third kappa shape index (κ3) is 3.41. The van der Waals surface area contributed by atoms with Crippen LogP contribution in [0.25, 0.3) is 0 Å². The maximum absolute atomic E-state index is 12.3. The van der Waals surface area contributed by atoms with Crippen LogP contribution in [0, 0.1) is 0 Å². The molecule has 6 heteroatoms. The Hall–Kier alpha value is -1.23. The summed E-state index contributed by atoms with van der Waals surface area (Å²) in [4.78, 5) is 3.62. The van der Waals surface area contributed by atoms with Gasteiger partial charge in [0, 0.05) is 12.7 Å². The molecular weight excluding hydrogens is 241 g/mol. The van der Waals surface area contributed by atoms with Crippen molar-refractivity contribution in [3.63, 3.8) is 0 Å². The van der Waals surface area contributed by atoms with Gasteiger partial charge in [-0.3, -0.25) is 0 Å². The third-order valence-electron chi connectivity index (χ3n) is 1.81. The number of nitrogens with one attached hydrogen (secondary N) is 1. The first-order chi connectivity index (χ1) is 7.45. The van der Waals surface area contributed by atoms with Crippen molar-refractivity contribution in [3.8, 4) is 0 Å². The largest absolute Gasteiger partial charge is 0.417 e. The highest BCUT2D eigenvalue weighted by Gasteiger charge is 2.31. The van der Waals surface area contributed by atoms with Gasteiger partial charge >= 0.3 is 6.18 Å². The van der Waals surface area contributed by atoms with E-state index in [0.717, 1.165) is 12.3 Å². The number of hydrogen-bond acceptors (Lipinski definition) is 2. The molecule has 1 N–H and O–H groups in total. The van der Waals surface area contributed by atoms with Crippen LogP contribution in [0.5, 0.6) is 0 Å². The fourth-order valence-electron chi connectivity index (χ4n) is 1.02. The number of anilines is 1. The average Bonchev–Trinajstić information content (AvgIpc) is 2.19. The Morgan fingerprint density at radius 1 is 1.50 bits per heavy atom. The van der Waals surface area contributed by atoms with Crippen LogP contribution in [-0.4, -0.2) is 11.5 Å². The van der Waals surface area contributed by atoms with Gasteiger partial charge in [-0.2, -0.15) is 13.2 Å². The number of aromatic nitrogens is 1. The fourth-order valence-corrected chi connectivity index (χ4v) is 1.25. The monoisotopic (exact) mass is 250 g/mol. The molecule has 0 amide bonds. The molecule has 0 atom stereocenters. The van der Waals surface area contributed by atoms with Crippen molar-refractivity contribution in [2.45, 2.75) is 12.6 Å². The summed E-state index contributed by atoms with van der Waals surface area (Å²) < 4.78 is 36.8. The van der Waals surface area contributed by atoms with E-state index in [0.29, 0.717) is 13.0 Å². The second kappa shape index (κ2) is 5.21. The van der Waals surface area contributed by atoms with Crippen molar-refractivity contribution in [2.75, 3.05) is 11.9 Å². The summed E-state index contributed by atoms with van der Waals surface area (Å²) in [6, 6.07) is 0.852. The van der Waals surface area contributed by atoms with Crippen molar-refractivity contribution in [1.29, 1.82) is 0 Å². The van der Waals surface area contributed by atoms with Crippen LogP contribution in [-0.2, 0) is 6.18 Å². The second-order valence-corrected chi connectivity index (χ2v) is 3.46. The van der Waals surface area contributed by atoms with Gasteiger partial charge in [-0.15, -0.1) is 6.58 Å². The fraction of sp³-hybridized carbons (Fsp3) is 0.300. The summed E-state index contributed by atoms with van der Waals surface area (Å²) in [5.74, 6) is 0.247. The molecule has 0 aliphatic heterocycles. The molecule has 0 bridgehead atoms. The zero-order valence-corrected chi connectivity index (χ0v) is 9.07. The molecule has 0 fully saturated rings. The predicted molar refractivity (Wildman–Crippen MR) is 57.6 cm³/mol. The van der Waals surface area contributed by atoms with Gasteiger partial charge in [0.05, 0.1) is 10.6 Å². The minimum atomic E-state index is -4.42. The SMILES string of the molecule is C=CCCNc1ncc(C(F)(F)F)cc1Cl. The topological polar surface area (TPSA) is 24.9 Å². The average molecular weight is 251 g/mol. The molecule has 0 aliphatic carbocycles. The summed E-state index contributed by atoms with van der Waals surface area (Å²) in [5.41, 5.74) is -0.855. The maximum Gasteiger partial charge on any atom is 0.417 e. The molecule has 0 radical (unpaired) electrons. The van der Waals surface area contributed by atoms with E-state index in [2.05, 4.69) is 16.9 Å². The van der Waals surface area contributed by atoms with Crippen LogP contribution in [0.2, 0.25) is 5.02 Å². The minimum absolute atomic E-state index is 0.0427. The molecule has 2 nitrogen and oxygen atoms in total. The number of nitrogens with zero attached hydrogens (tertiary/aromatic N) is 1. The molecule has 1 rings (SSSR count). The standard InChI is InChI=1S/C10H10ClF3N2/c1-2-3-4-15-9-8(11)5-7(6-16-9)10(12,13)14/h2,5-6H,1,3-4H2,(H,15,16). The van der Waals surface area contributed by atoms with E-state index in [4.69, 9.17) is 11.6 Å². The summed E-state index contributed by atoms with van der Waals surface area (Å²) in [6.45, 7) is 4.05. The molecule has 88 valence electrons. The van der Waals surface area contributed by atoms with Gasteiger partial charge in [0.15, 0.2) is 0 Å². The van der Waals surface area contributed by atoms with E-state index in [1.807, 2.05) is 0 Å². The van der Waals surface area contributed by atoms with E-state index in [1.165, 1.54) is 0 Å². The van der Waals surface area contributed by atoms with Crippen molar-refractivity contribution in [1.82, 2.24) is 4.98 Å². The van der Waals surface area contributed by atoms with E-state index >= 15 is 0 Å². The molecule has 0 aromatic carbocycles. The number of pyridine rings is 1. The van der Waals surface area contributed by atoms with Crippen molar-refractivity contribution < 1.29 is 13.2 Å². The normalized spacial score (nSPS) is 11.2. The molecule has 0 saturated heterocycles. The maximum atomic E-state index is 12.3.